The van der Waals surface area contributed by atoms with Crippen LogP contribution in [0.2, 0.25) is 0 Å². The van der Waals surface area contributed by atoms with E-state index in [2.05, 4.69) is 6.58 Å². The standard InChI is InChI=1S/C16H16O4/c1-4-8-19-13-7-6-11-10(3)9-14(18)20-16(11)15(13)12(17)5-2/h4,6-7,9H,1,5,8H2,2-3H3. The normalized spacial score (nSPS) is 10.5. The number of rotatable bonds is 5. The van der Waals surface area contributed by atoms with E-state index >= 15 is 0 Å². The molecule has 0 unspecified atom stereocenters. The first-order valence-corrected chi connectivity index (χ1v) is 6.42. The summed E-state index contributed by atoms with van der Waals surface area (Å²) in [5.74, 6) is 0.293. The number of Topliss-reactive ketones (excluding diaryl/α,β-unsaturated/α-hetero) is 1. The number of ketones is 1. The number of hydrogen-bond acceptors (Lipinski definition) is 4. The molecule has 0 fully saturated rings. The van der Waals surface area contributed by atoms with Gasteiger partial charge in [-0.2, -0.15) is 0 Å². The molecule has 2 rings (SSSR count). The van der Waals surface area contributed by atoms with Crippen LogP contribution < -0.4 is 10.4 Å². The summed E-state index contributed by atoms with van der Waals surface area (Å²) in [5.41, 5.74) is 0.925. The van der Waals surface area contributed by atoms with Crippen LogP contribution in [0.25, 0.3) is 11.0 Å². The van der Waals surface area contributed by atoms with E-state index in [1.165, 1.54) is 6.07 Å². The van der Waals surface area contributed by atoms with E-state index in [1.54, 1.807) is 25.1 Å². The summed E-state index contributed by atoms with van der Waals surface area (Å²) in [6.45, 7) is 7.43. The van der Waals surface area contributed by atoms with E-state index in [4.69, 9.17) is 9.15 Å². The molecule has 104 valence electrons. The highest BCUT2D eigenvalue weighted by Crippen LogP contribution is 2.30. The zero-order valence-electron chi connectivity index (χ0n) is 11.6. The first-order chi connectivity index (χ1) is 9.58. The van der Waals surface area contributed by atoms with Crippen LogP contribution in [0.3, 0.4) is 0 Å². The smallest absolute Gasteiger partial charge is 0.336 e. The summed E-state index contributed by atoms with van der Waals surface area (Å²) >= 11 is 0. The van der Waals surface area contributed by atoms with Gasteiger partial charge in [0.15, 0.2) is 11.4 Å². The van der Waals surface area contributed by atoms with Crippen LogP contribution in [0.5, 0.6) is 5.75 Å². The summed E-state index contributed by atoms with van der Waals surface area (Å²) in [7, 11) is 0. The number of fused-ring (bicyclic) bond motifs is 1. The lowest BCUT2D eigenvalue weighted by Gasteiger charge is -2.11. The van der Waals surface area contributed by atoms with Crippen molar-refractivity contribution in [2.75, 3.05) is 6.61 Å². The third-order valence-electron chi connectivity index (χ3n) is 3.04. The molecular formula is C16H16O4. The van der Waals surface area contributed by atoms with Gasteiger partial charge in [0.2, 0.25) is 0 Å². The number of hydrogen-bond donors (Lipinski definition) is 0. The molecular weight excluding hydrogens is 256 g/mol. The van der Waals surface area contributed by atoms with E-state index in [0.717, 1.165) is 10.9 Å². The SMILES string of the molecule is C=CCOc1ccc2c(C)cc(=O)oc2c1C(=O)CC. The molecule has 0 amide bonds. The van der Waals surface area contributed by atoms with Crippen molar-refractivity contribution in [1.82, 2.24) is 0 Å². The number of ether oxygens (including phenoxy) is 1. The van der Waals surface area contributed by atoms with E-state index in [9.17, 15) is 9.59 Å². The Labute approximate surface area is 116 Å². The molecule has 0 aliphatic rings. The van der Waals surface area contributed by atoms with E-state index < -0.39 is 5.63 Å². The Hall–Kier alpha value is -2.36. The molecule has 0 saturated carbocycles. The van der Waals surface area contributed by atoms with Gasteiger partial charge >= 0.3 is 5.63 Å². The Morgan fingerprint density at radius 2 is 2.20 bits per heavy atom. The van der Waals surface area contributed by atoms with Gasteiger partial charge in [-0.15, -0.1) is 0 Å². The number of carbonyl (C=O) groups excluding carboxylic acids is 1. The highest BCUT2D eigenvalue weighted by Gasteiger charge is 2.18. The predicted octanol–water partition coefficient (Wildman–Crippen LogP) is 3.26. The molecule has 0 radical (unpaired) electrons. The lowest BCUT2D eigenvalue weighted by molar-refractivity contribution is 0.0985. The highest BCUT2D eigenvalue weighted by atomic mass is 16.5. The van der Waals surface area contributed by atoms with Crippen molar-refractivity contribution >= 4 is 16.8 Å². The summed E-state index contributed by atoms with van der Waals surface area (Å²) < 4.78 is 10.7. The van der Waals surface area contributed by atoms with Gasteiger partial charge in [-0.25, -0.2) is 4.79 Å². The maximum atomic E-state index is 12.2. The van der Waals surface area contributed by atoms with Crippen molar-refractivity contribution in [3.05, 3.63) is 52.4 Å². The third kappa shape index (κ3) is 2.50. The molecule has 0 spiro atoms. The number of carbonyl (C=O) groups is 1. The monoisotopic (exact) mass is 272 g/mol. The second-order valence-corrected chi connectivity index (χ2v) is 4.44. The first-order valence-electron chi connectivity index (χ1n) is 6.42. The van der Waals surface area contributed by atoms with Crippen LogP contribution in [0.15, 0.2) is 40.1 Å². The van der Waals surface area contributed by atoms with Gasteiger partial charge in [0, 0.05) is 17.9 Å². The van der Waals surface area contributed by atoms with Gasteiger partial charge in [0.1, 0.15) is 17.9 Å². The molecule has 4 nitrogen and oxygen atoms in total. The molecule has 0 saturated heterocycles. The Balaban J connectivity index is 2.78. The lowest BCUT2D eigenvalue weighted by Crippen LogP contribution is -2.07. The molecule has 4 heteroatoms. The maximum absolute atomic E-state index is 12.2. The molecule has 0 N–H and O–H groups in total. The van der Waals surface area contributed by atoms with Crippen molar-refractivity contribution in [2.45, 2.75) is 20.3 Å². The number of aryl methyl sites for hydroxylation is 1. The first kappa shape index (κ1) is 14.1. The molecule has 0 aliphatic heterocycles. The quantitative estimate of drug-likeness (QED) is 0.476. The maximum Gasteiger partial charge on any atom is 0.336 e. The van der Waals surface area contributed by atoms with Crippen LogP contribution in [-0.2, 0) is 0 Å². The zero-order valence-corrected chi connectivity index (χ0v) is 11.6. The van der Waals surface area contributed by atoms with Crippen LogP contribution >= 0.6 is 0 Å². The average molecular weight is 272 g/mol. The van der Waals surface area contributed by atoms with E-state index in [1.807, 2.05) is 6.92 Å². The van der Waals surface area contributed by atoms with Crippen molar-refractivity contribution in [2.24, 2.45) is 0 Å². The highest BCUT2D eigenvalue weighted by molar-refractivity contribution is 6.08. The molecule has 0 aliphatic carbocycles. The van der Waals surface area contributed by atoms with Gasteiger partial charge < -0.3 is 9.15 Å². The van der Waals surface area contributed by atoms with Gasteiger partial charge in [0.05, 0.1) is 0 Å². The molecule has 2 aromatic rings. The summed E-state index contributed by atoms with van der Waals surface area (Å²) in [6.07, 6.45) is 1.90. The predicted molar refractivity (Wildman–Crippen MR) is 77.5 cm³/mol. The summed E-state index contributed by atoms with van der Waals surface area (Å²) in [4.78, 5) is 23.7. The van der Waals surface area contributed by atoms with Crippen LogP contribution in [0.4, 0.5) is 0 Å². The zero-order chi connectivity index (χ0) is 14.7. The van der Waals surface area contributed by atoms with Crippen LogP contribution in [0.1, 0.15) is 29.3 Å². The Bertz CT molecular complexity index is 725. The lowest BCUT2D eigenvalue weighted by atomic mass is 10.0. The molecule has 0 bridgehead atoms. The van der Waals surface area contributed by atoms with Crippen molar-refractivity contribution < 1.29 is 13.9 Å². The van der Waals surface area contributed by atoms with Crippen LogP contribution in [0, 0.1) is 6.92 Å². The Kier molecular flexibility index (Phi) is 4.03. The molecule has 1 heterocycles. The van der Waals surface area contributed by atoms with Crippen molar-refractivity contribution in [3.8, 4) is 5.75 Å². The number of benzene rings is 1. The van der Waals surface area contributed by atoms with Crippen molar-refractivity contribution in [3.63, 3.8) is 0 Å². The Morgan fingerprint density at radius 1 is 1.45 bits per heavy atom. The second-order valence-electron chi connectivity index (χ2n) is 4.44. The van der Waals surface area contributed by atoms with Gasteiger partial charge in [-0.3, -0.25) is 4.79 Å². The third-order valence-corrected chi connectivity index (χ3v) is 3.04. The average Bonchev–Trinajstić information content (AvgIpc) is 2.43. The minimum Gasteiger partial charge on any atom is -0.489 e. The summed E-state index contributed by atoms with van der Waals surface area (Å²) in [6, 6.07) is 4.92. The second kappa shape index (κ2) is 5.74. The molecule has 0 atom stereocenters. The fourth-order valence-electron chi connectivity index (χ4n) is 2.08. The minimum atomic E-state index is -0.471. The molecule has 1 aromatic heterocycles. The van der Waals surface area contributed by atoms with Crippen LogP contribution in [-0.4, -0.2) is 12.4 Å². The van der Waals surface area contributed by atoms with Crippen molar-refractivity contribution in [1.29, 1.82) is 0 Å². The van der Waals surface area contributed by atoms with E-state index in [-0.39, 0.29) is 12.4 Å². The largest absolute Gasteiger partial charge is 0.489 e. The van der Waals surface area contributed by atoms with Gasteiger partial charge in [0.25, 0.3) is 0 Å². The molecule has 1 aromatic carbocycles. The summed E-state index contributed by atoms with van der Waals surface area (Å²) in [5, 5.41) is 0.743. The fraction of sp³-hybridized carbons (Fsp3) is 0.250. The van der Waals surface area contributed by atoms with Gasteiger partial charge in [-0.05, 0) is 24.6 Å². The fourth-order valence-corrected chi connectivity index (χ4v) is 2.08. The molecule has 20 heavy (non-hydrogen) atoms. The topological polar surface area (TPSA) is 56.5 Å². The van der Waals surface area contributed by atoms with Gasteiger partial charge in [-0.1, -0.05) is 19.6 Å². The van der Waals surface area contributed by atoms with E-state index in [0.29, 0.717) is 23.3 Å². The Morgan fingerprint density at radius 3 is 2.85 bits per heavy atom. The minimum absolute atomic E-state index is 0.122.